The molecule has 1 atom stereocenters. The molecule has 0 unspecified atom stereocenters. The van der Waals surface area contributed by atoms with Crippen LogP contribution >= 0.6 is 0 Å². The molecule has 0 radical (unpaired) electrons. The average molecular weight is 354 g/mol. The Kier molecular flexibility index (Phi) is 5.23. The summed E-state index contributed by atoms with van der Waals surface area (Å²) in [5.41, 5.74) is 1.61. The van der Waals surface area contributed by atoms with Crippen molar-refractivity contribution < 1.29 is 19.4 Å². The van der Waals surface area contributed by atoms with Crippen molar-refractivity contribution in [2.75, 3.05) is 18.0 Å². The third-order valence-corrected chi connectivity index (χ3v) is 4.43. The largest absolute Gasteiger partial charge is 0.413 e. The molecule has 1 fully saturated rings. The van der Waals surface area contributed by atoms with E-state index in [0.29, 0.717) is 18.8 Å². The van der Waals surface area contributed by atoms with Crippen molar-refractivity contribution >= 4 is 17.7 Å². The van der Waals surface area contributed by atoms with Crippen molar-refractivity contribution in [3.05, 3.63) is 66.2 Å². The lowest BCUT2D eigenvalue weighted by molar-refractivity contribution is -0.178. The summed E-state index contributed by atoms with van der Waals surface area (Å²) in [7, 11) is 0. The van der Waals surface area contributed by atoms with Crippen LogP contribution in [-0.2, 0) is 16.1 Å². The smallest absolute Gasteiger partial charge is 0.407 e. The summed E-state index contributed by atoms with van der Waals surface area (Å²) >= 11 is 0. The number of carbonyl (C=O) groups is 2. The van der Waals surface area contributed by atoms with Crippen molar-refractivity contribution in [3.8, 4) is 0 Å². The molecule has 0 spiro atoms. The molecule has 2 amide bonds. The summed E-state index contributed by atoms with van der Waals surface area (Å²) in [6.07, 6.45) is -0.669. The quantitative estimate of drug-likeness (QED) is 0.838. The molecule has 0 aliphatic carbocycles. The fourth-order valence-electron chi connectivity index (χ4n) is 2.95. The van der Waals surface area contributed by atoms with E-state index in [1.54, 1.807) is 12.1 Å². The Morgan fingerprint density at radius 1 is 1.15 bits per heavy atom. The Balaban J connectivity index is 1.68. The van der Waals surface area contributed by atoms with Gasteiger partial charge in [-0.15, -0.1) is 0 Å². The highest BCUT2D eigenvalue weighted by Crippen LogP contribution is 2.29. The van der Waals surface area contributed by atoms with Gasteiger partial charge in [0.25, 0.3) is 11.7 Å². The Morgan fingerprint density at radius 2 is 1.77 bits per heavy atom. The number of carbonyl (C=O) groups excluding carboxylic acids is 2. The first-order valence-corrected chi connectivity index (χ1v) is 8.65. The molecule has 0 bridgehead atoms. The molecule has 2 aromatic carbocycles. The van der Waals surface area contributed by atoms with Gasteiger partial charge in [-0.1, -0.05) is 48.5 Å². The predicted octanol–water partition coefficient (Wildman–Crippen LogP) is 2.77. The number of hydrogen-bond acceptors (Lipinski definition) is 4. The first-order chi connectivity index (χ1) is 12.5. The SMILES string of the molecule is CCN(Cc1ccccc1)C(=O)O[C@@]1(O)CCN(c2ccccc2)C1=O. The van der Waals surface area contributed by atoms with E-state index >= 15 is 0 Å². The lowest BCUT2D eigenvalue weighted by Crippen LogP contribution is -2.47. The van der Waals surface area contributed by atoms with E-state index in [2.05, 4.69) is 0 Å². The van der Waals surface area contributed by atoms with Gasteiger partial charge in [0.2, 0.25) is 0 Å². The van der Waals surface area contributed by atoms with E-state index in [1.807, 2.05) is 55.5 Å². The van der Waals surface area contributed by atoms with Crippen molar-refractivity contribution in [3.63, 3.8) is 0 Å². The number of nitrogens with zero attached hydrogens (tertiary/aromatic N) is 2. The van der Waals surface area contributed by atoms with Gasteiger partial charge in [-0.05, 0) is 24.6 Å². The molecule has 0 aromatic heterocycles. The van der Waals surface area contributed by atoms with Crippen LogP contribution in [0.1, 0.15) is 18.9 Å². The van der Waals surface area contributed by atoms with Crippen LogP contribution < -0.4 is 4.90 Å². The second kappa shape index (κ2) is 7.58. The van der Waals surface area contributed by atoms with Crippen LogP contribution in [0.25, 0.3) is 0 Å². The van der Waals surface area contributed by atoms with Crippen molar-refractivity contribution in [1.29, 1.82) is 0 Å². The fraction of sp³-hybridized carbons (Fsp3) is 0.300. The zero-order valence-corrected chi connectivity index (χ0v) is 14.7. The fourth-order valence-corrected chi connectivity index (χ4v) is 2.95. The van der Waals surface area contributed by atoms with Crippen LogP contribution in [0, 0.1) is 0 Å². The molecule has 1 heterocycles. The van der Waals surface area contributed by atoms with Crippen molar-refractivity contribution in [1.82, 2.24) is 4.90 Å². The van der Waals surface area contributed by atoms with E-state index in [9.17, 15) is 14.7 Å². The number of anilines is 1. The molecule has 26 heavy (non-hydrogen) atoms. The van der Waals surface area contributed by atoms with Gasteiger partial charge in [-0.2, -0.15) is 0 Å². The molecule has 2 aromatic rings. The van der Waals surface area contributed by atoms with Gasteiger partial charge in [0, 0.05) is 31.7 Å². The van der Waals surface area contributed by atoms with Crippen LogP contribution in [0.4, 0.5) is 10.5 Å². The Hall–Kier alpha value is -2.86. The summed E-state index contributed by atoms with van der Waals surface area (Å²) in [4.78, 5) is 28.0. The summed E-state index contributed by atoms with van der Waals surface area (Å²) in [6, 6.07) is 18.5. The lowest BCUT2D eigenvalue weighted by atomic mass is 10.2. The van der Waals surface area contributed by atoms with Crippen LogP contribution in [0.2, 0.25) is 0 Å². The second-order valence-corrected chi connectivity index (χ2v) is 6.19. The molecule has 1 aliphatic heterocycles. The number of hydrogen-bond donors (Lipinski definition) is 1. The zero-order chi connectivity index (χ0) is 18.6. The molecule has 0 saturated carbocycles. The first-order valence-electron chi connectivity index (χ1n) is 8.65. The van der Waals surface area contributed by atoms with Gasteiger partial charge in [-0.25, -0.2) is 4.79 Å². The van der Waals surface area contributed by atoms with Crippen LogP contribution in [0.3, 0.4) is 0 Å². The summed E-state index contributed by atoms with van der Waals surface area (Å²) in [6.45, 7) is 2.86. The van der Waals surface area contributed by atoms with Gasteiger partial charge in [0.05, 0.1) is 0 Å². The highest BCUT2D eigenvalue weighted by molar-refractivity contribution is 6.01. The van der Waals surface area contributed by atoms with Crippen LogP contribution in [0.15, 0.2) is 60.7 Å². The van der Waals surface area contributed by atoms with Crippen LogP contribution in [-0.4, -0.2) is 40.9 Å². The van der Waals surface area contributed by atoms with Gasteiger partial charge in [-0.3, -0.25) is 4.79 Å². The van der Waals surface area contributed by atoms with Crippen molar-refractivity contribution in [2.24, 2.45) is 0 Å². The molecule has 1 saturated heterocycles. The molecule has 3 rings (SSSR count). The minimum absolute atomic E-state index is 0.0371. The number of rotatable bonds is 5. The monoisotopic (exact) mass is 354 g/mol. The predicted molar refractivity (Wildman–Crippen MR) is 97.4 cm³/mol. The molecular formula is C20H22N2O4. The molecule has 6 nitrogen and oxygen atoms in total. The third kappa shape index (κ3) is 3.70. The number of ether oxygens (including phenoxy) is 1. The maximum Gasteiger partial charge on any atom is 0.413 e. The lowest BCUT2D eigenvalue weighted by Gasteiger charge is -2.27. The molecule has 1 N–H and O–H groups in total. The van der Waals surface area contributed by atoms with Gasteiger partial charge >= 0.3 is 6.09 Å². The first kappa shape index (κ1) is 17.9. The summed E-state index contributed by atoms with van der Waals surface area (Å²) < 4.78 is 5.24. The summed E-state index contributed by atoms with van der Waals surface area (Å²) in [5, 5.41) is 10.6. The van der Waals surface area contributed by atoms with Gasteiger partial charge < -0.3 is 19.6 Å². The molecule has 136 valence electrons. The minimum atomic E-state index is -2.13. The third-order valence-electron chi connectivity index (χ3n) is 4.43. The van der Waals surface area contributed by atoms with E-state index in [4.69, 9.17) is 4.74 Å². The topological polar surface area (TPSA) is 70.1 Å². The number of amides is 2. The Bertz CT molecular complexity index is 766. The molecule has 6 heteroatoms. The van der Waals surface area contributed by atoms with Gasteiger partial charge in [0.1, 0.15) is 0 Å². The Labute approximate surface area is 152 Å². The zero-order valence-electron chi connectivity index (χ0n) is 14.7. The number of aliphatic hydroxyl groups is 1. The number of para-hydroxylation sites is 1. The van der Waals surface area contributed by atoms with E-state index in [-0.39, 0.29) is 13.0 Å². The standard InChI is InChI=1S/C20H22N2O4/c1-2-21(15-16-9-5-3-6-10-16)19(24)26-20(25)13-14-22(18(20)23)17-11-7-4-8-12-17/h3-12,25H,2,13-15H2,1H3/t20-/m0/s1. The maximum absolute atomic E-state index is 12.6. The average Bonchev–Trinajstić information content (AvgIpc) is 2.96. The normalized spacial score (nSPS) is 19.5. The summed E-state index contributed by atoms with van der Waals surface area (Å²) in [5.74, 6) is -2.75. The number of benzene rings is 2. The molecular weight excluding hydrogens is 332 g/mol. The van der Waals surface area contributed by atoms with E-state index in [1.165, 1.54) is 9.80 Å². The highest BCUT2D eigenvalue weighted by atomic mass is 16.7. The van der Waals surface area contributed by atoms with E-state index < -0.39 is 17.8 Å². The van der Waals surface area contributed by atoms with Crippen LogP contribution in [0.5, 0.6) is 0 Å². The van der Waals surface area contributed by atoms with Crippen molar-refractivity contribution in [2.45, 2.75) is 25.7 Å². The van der Waals surface area contributed by atoms with Gasteiger partial charge in [0.15, 0.2) is 0 Å². The minimum Gasteiger partial charge on any atom is -0.407 e. The van der Waals surface area contributed by atoms with E-state index in [0.717, 1.165) is 5.56 Å². The maximum atomic E-state index is 12.6. The second-order valence-electron chi connectivity index (χ2n) is 6.19. The molecule has 1 aliphatic rings. The Morgan fingerprint density at radius 3 is 2.38 bits per heavy atom. The highest BCUT2D eigenvalue weighted by Gasteiger charge is 2.50.